The lowest BCUT2D eigenvalue weighted by Crippen LogP contribution is -2.40. The van der Waals surface area contributed by atoms with Crippen LogP contribution in [-0.2, 0) is 4.79 Å². The minimum Gasteiger partial charge on any atom is -0.357 e. The largest absolute Gasteiger partial charge is 0.357 e. The number of nitrogens with zero attached hydrogens (tertiary/aromatic N) is 2. The quantitative estimate of drug-likeness (QED) is 0.534. The summed E-state index contributed by atoms with van der Waals surface area (Å²) in [5.41, 5.74) is 2.57. The van der Waals surface area contributed by atoms with Gasteiger partial charge in [0.15, 0.2) is 5.96 Å². The molecule has 1 atom stereocenters. The molecule has 1 aromatic rings. The second kappa shape index (κ2) is 11.5. The molecule has 5 nitrogen and oxygen atoms in total. The molecule has 5 heteroatoms. The summed E-state index contributed by atoms with van der Waals surface area (Å²) in [7, 11) is 0. The normalized spacial score (nSPS) is 12.6. The molecule has 0 spiro atoms. The van der Waals surface area contributed by atoms with E-state index in [-0.39, 0.29) is 5.91 Å². The first-order valence-electron chi connectivity index (χ1n) is 9.38. The summed E-state index contributed by atoms with van der Waals surface area (Å²) in [6, 6.07) is 8.56. The average molecular weight is 347 g/mol. The number of hydrogen-bond donors (Lipinski definition) is 2. The summed E-state index contributed by atoms with van der Waals surface area (Å²) in [6.07, 6.45) is 0.486. The molecule has 0 aliphatic rings. The van der Waals surface area contributed by atoms with Crippen LogP contribution in [0.3, 0.4) is 0 Å². The van der Waals surface area contributed by atoms with Crippen molar-refractivity contribution in [1.29, 1.82) is 0 Å². The number of carbonyl (C=O) groups is 1. The van der Waals surface area contributed by atoms with Gasteiger partial charge in [-0.3, -0.25) is 9.79 Å². The Balaban J connectivity index is 2.54. The average Bonchev–Trinajstić information content (AvgIpc) is 2.60. The number of aliphatic imine (C=N–C) groups is 1. The Kier molecular flexibility index (Phi) is 9.66. The number of rotatable bonds is 9. The molecule has 0 bridgehead atoms. The SMILES string of the molecule is CCNC(=NCC(C)c1cccc(C)c1)NCCC(=O)N(CC)CC. The zero-order valence-electron chi connectivity index (χ0n) is 16.4. The van der Waals surface area contributed by atoms with Crippen molar-refractivity contribution in [3.05, 3.63) is 35.4 Å². The molecule has 0 aliphatic carbocycles. The number of carbonyl (C=O) groups excluding carboxylic acids is 1. The lowest BCUT2D eigenvalue weighted by atomic mass is 10.00. The van der Waals surface area contributed by atoms with Crippen LogP contribution < -0.4 is 10.6 Å². The van der Waals surface area contributed by atoms with E-state index in [9.17, 15) is 4.79 Å². The van der Waals surface area contributed by atoms with Crippen LogP contribution >= 0.6 is 0 Å². The van der Waals surface area contributed by atoms with Crippen molar-refractivity contribution in [3.63, 3.8) is 0 Å². The zero-order valence-corrected chi connectivity index (χ0v) is 16.4. The molecular weight excluding hydrogens is 312 g/mol. The first-order chi connectivity index (χ1) is 12.0. The van der Waals surface area contributed by atoms with Crippen LogP contribution in [0.4, 0.5) is 0 Å². The van der Waals surface area contributed by atoms with E-state index in [1.54, 1.807) is 0 Å². The van der Waals surface area contributed by atoms with Crippen molar-refractivity contribution in [2.24, 2.45) is 4.99 Å². The first-order valence-corrected chi connectivity index (χ1v) is 9.38. The van der Waals surface area contributed by atoms with E-state index in [4.69, 9.17) is 0 Å². The first kappa shape index (κ1) is 21.0. The molecule has 0 saturated heterocycles. The highest BCUT2D eigenvalue weighted by Crippen LogP contribution is 2.16. The number of guanidine groups is 1. The molecule has 1 rings (SSSR count). The molecule has 25 heavy (non-hydrogen) atoms. The van der Waals surface area contributed by atoms with E-state index in [1.807, 2.05) is 25.7 Å². The van der Waals surface area contributed by atoms with Gasteiger partial charge in [-0.15, -0.1) is 0 Å². The van der Waals surface area contributed by atoms with Gasteiger partial charge in [0, 0.05) is 45.1 Å². The monoisotopic (exact) mass is 346 g/mol. The van der Waals surface area contributed by atoms with E-state index < -0.39 is 0 Å². The molecular formula is C20H34N4O. The van der Waals surface area contributed by atoms with Gasteiger partial charge in [0.05, 0.1) is 0 Å². The fourth-order valence-electron chi connectivity index (χ4n) is 2.67. The van der Waals surface area contributed by atoms with Gasteiger partial charge in [-0.1, -0.05) is 36.8 Å². The smallest absolute Gasteiger partial charge is 0.224 e. The Morgan fingerprint density at radius 2 is 1.92 bits per heavy atom. The minimum atomic E-state index is 0.182. The maximum Gasteiger partial charge on any atom is 0.224 e. The maximum atomic E-state index is 12.1. The summed E-state index contributed by atoms with van der Waals surface area (Å²) in [6.45, 7) is 14.0. The van der Waals surface area contributed by atoms with Crippen LogP contribution in [-0.4, -0.2) is 49.5 Å². The highest BCUT2D eigenvalue weighted by molar-refractivity contribution is 5.81. The second-order valence-electron chi connectivity index (χ2n) is 6.28. The van der Waals surface area contributed by atoms with Crippen molar-refractivity contribution >= 4 is 11.9 Å². The maximum absolute atomic E-state index is 12.1. The number of benzene rings is 1. The van der Waals surface area contributed by atoms with Gasteiger partial charge >= 0.3 is 0 Å². The Morgan fingerprint density at radius 1 is 1.20 bits per heavy atom. The summed E-state index contributed by atoms with van der Waals surface area (Å²) in [5, 5.41) is 6.51. The highest BCUT2D eigenvalue weighted by atomic mass is 16.2. The molecule has 1 aromatic carbocycles. The minimum absolute atomic E-state index is 0.182. The molecule has 0 aromatic heterocycles. The van der Waals surface area contributed by atoms with Gasteiger partial charge in [-0.2, -0.15) is 0 Å². The highest BCUT2D eigenvalue weighted by Gasteiger charge is 2.10. The predicted molar refractivity (Wildman–Crippen MR) is 106 cm³/mol. The van der Waals surface area contributed by atoms with Crippen LogP contribution in [0.2, 0.25) is 0 Å². The molecule has 2 N–H and O–H groups in total. The number of amides is 1. The molecule has 1 amide bonds. The Morgan fingerprint density at radius 3 is 2.52 bits per heavy atom. The van der Waals surface area contributed by atoms with E-state index in [0.717, 1.165) is 25.6 Å². The van der Waals surface area contributed by atoms with Crippen LogP contribution in [0.15, 0.2) is 29.3 Å². The Bertz CT molecular complexity index is 552. The zero-order chi connectivity index (χ0) is 18.7. The molecule has 0 saturated carbocycles. The number of nitrogens with one attached hydrogen (secondary N) is 2. The van der Waals surface area contributed by atoms with Crippen molar-refractivity contribution in [3.8, 4) is 0 Å². The topological polar surface area (TPSA) is 56.7 Å². The summed E-state index contributed by atoms with van der Waals surface area (Å²) >= 11 is 0. The van der Waals surface area contributed by atoms with E-state index in [1.165, 1.54) is 11.1 Å². The lowest BCUT2D eigenvalue weighted by molar-refractivity contribution is -0.130. The fraction of sp³-hybridized carbons (Fsp3) is 0.600. The molecule has 140 valence electrons. The molecule has 0 radical (unpaired) electrons. The molecule has 0 aliphatic heterocycles. The third-order valence-corrected chi connectivity index (χ3v) is 4.23. The van der Waals surface area contributed by atoms with Crippen molar-refractivity contribution in [2.75, 3.05) is 32.7 Å². The van der Waals surface area contributed by atoms with Gasteiger partial charge in [0.2, 0.25) is 5.91 Å². The predicted octanol–water partition coefficient (Wildman–Crippen LogP) is 2.91. The lowest BCUT2D eigenvalue weighted by Gasteiger charge is -2.19. The van der Waals surface area contributed by atoms with Gasteiger partial charge in [-0.05, 0) is 33.3 Å². The summed E-state index contributed by atoms with van der Waals surface area (Å²) < 4.78 is 0. The summed E-state index contributed by atoms with van der Waals surface area (Å²) in [5.74, 6) is 1.31. The fourth-order valence-corrected chi connectivity index (χ4v) is 2.67. The van der Waals surface area contributed by atoms with Gasteiger partial charge < -0.3 is 15.5 Å². The Hall–Kier alpha value is -2.04. The van der Waals surface area contributed by atoms with Crippen LogP contribution in [0, 0.1) is 6.92 Å². The van der Waals surface area contributed by atoms with Gasteiger partial charge in [0.1, 0.15) is 0 Å². The van der Waals surface area contributed by atoms with Crippen molar-refractivity contribution in [2.45, 2.75) is 47.0 Å². The molecule has 1 unspecified atom stereocenters. The summed E-state index contributed by atoms with van der Waals surface area (Å²) in [4.78, 5) is 18.6. The van der Waals surface area contributed by atoms with Crippen molar-refractivity contribution in [1.82, 2.24) is 15.5 Å². The number of hydrogen-bond acceptors (Lipinski definition) is 2. The van der Waals surface area contributed by atoms with E-state index in [2.05, 4.69) is 53.7 Å². The van der Waals surface area contributed by atoms with Gasteiger partial charge in [-0.25, -0.2) is 0 Å². The number of aryl methyl sites for hydroxylation is 1. The Labute approximate surface area is 152 Å². The van der Waals surface area contributed by atoms with Gasteiger partial charge in [0.25, 0.3) is 0 Å². The third kappa shape index (κ3) is 7.59. The molecule has 0 heterocycles. The van der Waals surface area contributed by atoms with Crippen LogP contribution in [0.5, 0.6) is 0 Å². The van der Waals surface area contributed by atoms with Crippen LogP contribution in [0.25, 0.3) is 0 Å². The standard InChI is InChI=1S/C20H34N4O/c1-6-21-20(22-13-12-19(25)24(7-2)8-3)23-15-17(5)18-11-9-10-16(4)14-18/h9-11,14,17H,6-8,12-13,15H2,1-5H3,(H2,21,22,23). The van der Waals surface area contributed by atoms with Crippen molar-refractivity contribution < 1.29 is 4.79 Å². The molecule has 0 fully saturated rings. The second-order valence-corrected chi connectivity index (χ2v) is 6.28. The van der Waals surface area contributed by atoms with Crippen LogP contribution in [0.1, 0.15) is 51.2 Å². The third-order valence-electron chi connectivity index (χ3n) is 4.23. The van der Waals surface area contributed by atoms with E-state index >= 15 is 0 Å². The van der Waals surface area contributed by atoms with E-state index in [0.29, 0.717) is 25.4 Å².